The summed E-state index contributed by atoms with van der Waals surface area (Å²) in [4.78, 5) is 26.5. The minimum atomic E-state index is -4.21. The Morgan fingerprint density at radius 3 is 2.35 bits per heavy atom. The average molecular weight is 490 g/mol. The van der Waals surface area contributed by atoms with Crippen LogP contribution in [0, 0.1) is 0 Å². The van der Waals surface area contributed by atoms with Gasteiger partial charge in [-0.05, 0) is 35.9 Å². The van der Waals surface area contributed by atoms with Gasteiger partial charge < -0.3 is 24.4 Å². The molecule has 11 heteroatoms. The van der Waals surface area contributed by atoms with E-state index in [1.165, 1.54) is 31.4 Å². The second-order valence-electron chi connectivity index (χ2n) is 7.31. The molecule has 1 fully saturated rings. The van der Waals surface area contributed by atoms with E-state index in [0.29, 0.717) is 43.3 Å². The largest absolute Gasteiger partial charge is 0.497 e. The third-order valence-corrected chi connectivity index (χ3v) is 7.04. The molecule has 1 aliphatic heterocycles. The van der Waals surface area contributed by atoms with E-state index in [4.69, 9.17) is 14.2 Å². The van der Waals surface area contributed by atoms with Crippen LogP contribution in [0.5, 0.6) is 5.75 Å². The molecule has 1 heterocycles. The minimum absolute atomic E-state index is 0.0619. The Labute approximate surface area is 198 Å². The van der Waals surface area contributed by atoms with Crippen molar-refractivity contribution in [1.29, 1.82) is 0 Å². The molecule has 34 heavy (non-hydrogen) atoms. The molecule has 0 unspecified atom stereocenters. The Balaban J connectivity index is 1.93. The van der Waals surface area contributed by atoms with Gasteiger partial charge in [0.25, 0.3) is 10.0 Å². The number of urea groups is 1. The summed E-state index contributed by atoms with van der Waals surface area (Å²) >= 11 is 0. The molecule has 3 rings (SSSR count). The Hall–Kier alpha value is -3.57. The van der Waals surface area contributed by atoms with Gasteiger partial charge in [0.05, 0.1) is 38.9 Å². The van der Waals surface area contributed by atoms with E-state index in [1.54, 1.807) is 29.2 Å². The van der Waals surface area contributed by atoms with Crippen molar-refractivity contribution in [2.45, 2.75) is 11.4 Å². The number of rotatable bonds is 8. The zero-order chi connectivity index (χ0) is 24.7. The summed E-state index contributed by atoms with van der Waals surface area (Å²) in [5.41, 5.74) is 0.505. The number of carbonyl (C=O) groups excluding carboxylic acids is 2. The fourth-order valence-electron chi connectivity index (χ4n) is 3.32. The van der Waals surface area contributed by atoms with Crippen LogP contribution in [0.1, 0.15) is 5.56 Å². The number of carbonyl (C=O) groups is 2. The summed E-state index contributed by atoms with van der Waals surface area (Å²) in [5, 5.41) is 2.82. The Kier molecular flexibility index (Phi) is 8.13. The zero-order valence-corrected chi connectivity index (χ0v) is 19.8. The number of hydrogen-bond acceptors (Lipinski definition) is 7. The third-order valence-electron chi connectivity index (χ3n) is 5.24. The fraction of sp³-hybridized carbons (Fsp3) is 0.304. The molecule has 0 spiro atoms. The summed E-state index contributed by atoms with van der Waals surface area (Å²) in [5.74, 6) is -0.416. The van der Waals surface area contributed by atoms with Gasteiger partial charge in [0.2, 0.25) is 0 Å². The number of morpholine rings is 1. The summed E-state index contributed by atoms with van der Waals surface area (Å²) in [6, 6.07) is 12.2. The highest BCUT2D eigenvalue weighted by Crippen LogP contribution is 2.27. The van der Waals surface area contributed by atoms with Crippen LogP contribution in [0.2, 0.25) is 0 Å². The molecule has 0 aromatic heterocycles. The number of anilines is 1. The van der Waals surface area contributed by atoms with E-state index in [9.17, 15) is 18.0 Å². The highest BCUT2D eigenvalue weighted by Gasteiger charge is 2.31. The molecular weight excluding hydrogens is 462 g/mol. The first-order chi connectivity index (χ1) is 16.3. The van der Waals surface area contributed by atoms with Gasteiger partial charge in [-0.15, -0.1) is 0 Å². The number of para-hydroxylation sites is 1. The smallest absolute Gasteiger partial charge is 0.354 e. The molecule has 0 aliphatic carbocycles. The maximum atomic E-state index is 13.5. The van der Waals surface area contributed by atoms with Crippen LogP contribution in [-0.2, 0) is 30.8 Å². The number of nitrogens with zero attached hydrogens (tertiary/aromatic N) is 2. The van der Waals surface area contributed by atoms with Gasteiger partial charge >= 0.3 is 12.0 Å². The van der Waals surface area contributed by atoms with Crippen LogP contribution in [0.3, 0.4) is 0 Å². The van der Waals surface area contributed by atoms with Crippen molar-refractivity contribution in [2.75, 3.05) is 45.8 Å². The molecule has 0 radical (unpaired) electrons. The lowest BCUT2D eigenvalue weighted by molar-refractivity contribution is -0.137. The summed E-state index contributed by atoms with van der Waals surface area (Å²) in [7, 11) is -1.60. The van der Waals surface area contributed by atoms with Crippen LogP contribution in [0.25, 0.3) is 0 Å². The molecule has 10 nitrogen and oxygen atoms in total. The van der Waals surface area contributed by atoms with E-state index in [0.717, 1.165) is 11.4 Å². The Morgan fingerprint density at radius 2 is 1.74 bits per heavy atom. The molecule has 2 aromatic rings. The number of methoxy groups -OCH3 is 2. The third kappa shape index (κ3) is 5.67. The van der Waals surface area contributed by atoms with Crippen LogP contribution in [0.15, 0.2) is 65.7 Å². The predicted octanol–water partition coefficient (Wildman–Crippen LogP) is 2.44. The highest BCUT2D eigenvalue weighted by molar-refractivity contribution is 7.89. The molecular formula is C23H27N3O7S. The Morgan fingerprint density at radius 1 is 1.09 bits per heavy atom. The number of amides is 2. The van der Waals surface area contributed by atoms with Gasteiger partial charge in [0.15, 0.2) is 0 Å². The number of sulfonamides is 1. The van der Waals surface area contributed by atoms with E-state index in [-0.39, 0.29) is 23.2 Å². The van der Waals surface area contributed by atoms with Crippen molar-refractivity contribution >= 4 is 27.7 Å². The SMILES string of the molecule is C=C(C(=O)OC)N(Cc1ccccc1NC(=O)N1CCOCC1)S(=O)(=O)c1ccc(OC)cc1. The number of benzene rings is 2. The number of nitrogens with one attached hydrogen (secondary N) is 1. The molecule has 2 aromatic carbocycles. The lowest BCUT2D eigenvalue weighted by Gasteiger charge is -2.28. The van der Waals surface area contributed by atoms with E-state index >= 15 is 0 Å². The Bertz CT molecular complexity index is 1140. The van der Waals surface area contributed by atoms with Crippen molar-refractivity contribution in [3.63, 3.8) is 0 Å². The first kappa shape index (κ1) is 25.1. The molecule has 0 atom stereocenters. The van der Waals surface area contributed by atoms with Crippen molar-refractivity contribution in [2.24, 2.45) is 0 Å². The monoisotopic (exact) mass is 489 g/mol. The lowest BCUT2D eigenvalue weighted by Crippen LogP contribution is -2.43. The summed E-state index contributed by atoms with van der Waals surface area (Å²) in [6.45, 7) is 5.18. The molecule has 2 amide bonds. The van der Waals surface area contributed by atoms with Gasteiger partial charge in [-0.3, -0.25) is 4.31 Å². The zero-order valence-electron chi connectivity index (χ0n) is 19.0. The number of hydrogen-bond donors (Lipinski definition) is 1. The molecule has 0 saturated carbocycles. The summed E-state index contributed by atoms with van der Waals surface area (Å²) < 4.78 is 42.9. The van der Waals surface area contributed by atoms with Gasteiger partial charge in [0, 0.05) is 18.8 Å². The predicted molar refractivity (Wildman–Crippen MR) is 125 cm³/mol. The maximum Gasteiger partial charge on any atom is 0.354 e. The maximum absolute atomic E-state index is 13.5. The van der Waals surface area contributed by atoms with Crippen LogP contribution in [-0.4, -0.2) is 70.1 Å². The molecule has 182 valence electrons. The van der Waals surface area contributed by atoms with E-state index in [1.807, 2.05) is 0 Å². The van der Waals surface area contributed by atoms with Crippen LogP contribution >= 0.6 is 0 Å². The second-order valence-corrected chi connectivity index (χ2v) is 9.17. The van der Waals surface area contributed by atoms with Gasteiger partial charge in [-0.1, -0.05) is 24.8 Å². The highest BCUT2D eigenvalue weighted by atomic mass is 32.2. The van der Waals surface area contributed by atoms with Crippen LogP contribution in [0.4, 0.5) is 10.5 Å². The van der Waals surface area contributed by atoms with Gasteiger partial charge in [-0.25, -0.2) is 18.0 Å². The van der Waals surface area contributed by atoms with E-state index in [2.05, 4.69) is 11.9 Å². The van der Waals surface area contributed by atoms with E-state index < -0.39 is 16.0 Å². The topological polar surface area (TPSA) is 114 Å². The fourth-order valence-corrected chi connectivity index (χ4v) is 4.72. The second kappa shape index (κ2) is 11.0. The number of esters is 1. The van der Waals surface area contributed by atoms with Crippen molar-refractivity contribution in [1.82, 2.24) is 9.21 Å². The molecule has 1 aliphatic rings. The quantitative estimate of drug-likeness (QED) is 0.447. The van der Waals surface area contributed by atoms with Gasteiger partial charge in [-0.2, -0.15) is 0 Å². The van der Waals surface area contributed by atoms with Crippen molar-refractivity contribution < 1.29 is 32.2 Å². The molecule has 1 N–H and O–H groups in total. The number of ether oxygens (including phenoxy) is 3. The van der Waals surface area contributed by atoms with Gasteiger partial charge in [0.1, 0.15) is 11.4 Å². The molecule has 0 bridgehead atoms. The standard InChI is InChI=1S/C23H27N3O7S/c1-17(22(27)32-3)26(34(29,30)20-10-8-19(31-2)9-11-20)16-18-6-4-5-7-21(18)24-23(28)25-12-14-33-15-13-25/h4-11H,1,12-16H2,2-3H3,(H,24,28). The van der Waals surface area contributed by atoms with Crippen molar-refractivity contribution in [3.8, 4) is 5.75 Å². The lowest BCUT2D eigenvalue weighted by atomic mass is 10.1. The minimum Gasteiger partial charge on any atom is -0.497 e. The van der Waals surface area contributed by atoms with Crippen LogP contribution < -0.4 is 10.1 Å². The first-order valence-corrected chi connectivity index (χ1v) is 11.9. The normalized spacial score (nSPS) is 13.6. The average Bonchev–Trinajstić information content (AvgIpc) is 2.87. The first-order valence-electron chi connectivity index (χ1n) is 10.4. The summed E-state index contributed by atoms with van der Waals surface area (Å²) in [6.07, 6.45) is 0. The molecule has 1 saturated heterocycles. The van der Waals surface area contributed by atoms with Crippen molar-refractivity contribution in [3.05, 3.63) is 66.4 Å².